The Bertz CT molecular complexity index is 815. The number of ether oxygens (including phenoxy) is 2. The molecule has 0 bridgehead atoms. The highest BCUT2D eigenvalue weighted by atomic mass is 16.5. The third-order valence-electron chi connectivity index (χ3n) is 4.23. The molecule has 0 amide bonds. The van der Waals surface area contributed by atoms with Gasteiger partial charge in [0, 0.05) is 31.5 Å². The summed E-state index contributed by atoms with van der Waals surface area (Å²) in [7, 11) is 5.35. The SMILES string of the molecule is COc1ccc(OC)c(CNC(c2ccccc2)c2nccn2C)c1. The number of aromatic nitrogens is 2. The van der Waals surface area contributed by atoms with E-state index in [4.69, 9.17) is 9.47 Å². The van der Waals surface area contributed by atoms with E-state index in [1.807, 2.05) is 60.4 Å². The number of nitrogens with one attached hydrogen (secondary N) is 1. The first-order valence-corrected chi connectivity index (χ1v) is 8.19. The quantitative estimate of drug-likeness (QED) is 0.718. The molecule has 1 heterocycles. The molecule has 0 spiro atoms. The fraction of sp³-hybridized carbons (Fsp3) is 0.250. The van der Waals surface area contributed by atoms with Crippen molar-refractivity contribution in [2.45, 2.75) is 12.6 Å². The lowest BCUT2D eigenvalue weighted by Gasteiger charge is -2.20. The molecule has 0 saturated carbocycles. The highest BCUT2D eigenvalue weighted by molar-refractivity contribution is 5.40. The van der Waals surface area contributed by atoms with Gasteiger partial charge in [0.05, 0.1) is 20.3 Å². The second kappa shape index (κ2) is 7.85. The lowest BCUT2D eigenvalue weighted by atomic mass is 10.1. The van der Waals surface area contributed by atoms with Crippen molar-refractivity contribution in [3.8, 4) is 11.5 Å². The third kappa shape index (κ3) is 3.83. The van der Waals surface area contributed by atoms with E-state index in [1.54, 1.807) is 14.2 Å². The molecule has 3 aromatic rings. The molecule has 130 valence electrons. The van der Waals surface area contributed by atoms with Gasteiger partial charge >= 0.3 is 0 Å². The van der Waals surface area contributed by atoms with Gasteiger partial charge in [0.25, 0.3) is 0 Å². The molecule has 5 nitrogen and oxygen atoms in total. The van der Waals surface area contributed by atoms with Gasteiger partial charge in [-0.25, -0.2) is 4.98 Å². The first-order valence-electron chi connectivity index (χ1n) is 8.19. The maximum atomic E-state index is 5.48. The van der Waals surface area contributed by atoms with Crippen LogP contribution in [0.3, 0.4) is 0 Å². The van der Waals surface area contributed by atoms with Crippen LogP contribution in [0.4, 0.5) is 0 Å². The minimum absolute atomic E-state index is 0.0166. The number of aryl methyl sites for hydroxylation is 1. The fourth-order valence-electron chi connectivity index (χ4n) is 2.89. The van der Waals surface area contributed by atoms with E-state index in [9.17, 15) is 0 Å². The summed E-state index contributed by atoms with van der Waals surface area (Å²) >= 11 is 0. The van der Waals surface area contributed by atoms with E-state index >= 15 is 0 Å². The van der Waals surface area contributed by atoms with E-state index < -0.39 is 0 Å². The van der Waals surface area contributed by atoms with Gasteiger partial charge in [0.15, 0.2) is 0 Å². The molecule has 0 fully saturated rings. The maximum Gasteiger partial charge on any atom is 0.130 e. The predicted octanol–water partition coefficient (Wildman–Crippen LogP) is 3.32. The van der Waals surface area contributed by atoms with Gasteiger partial charge < -0.3 is 14.0 Å². The molecule has 1 atom stereocenters. The van der Waals surface area contributed by atoms with Gasteiger partial charge in [-0.3, -0.25) is 5.32 Å². The molecule has 5 heteroatoms. The Balaban J connectivity index is 1.88. The summed E-state index contributed by atoms with van der Waals surface area (Å²) in [4.78, 5) is 4.53. The Morgan fingerprint density at radius 3 is 2.52 bits per heavy atom. The lowest BCUT2D eigenvalue weighted by molar-refractivity contribution is 0.395. The van der Waals surface area contributed by atoms with Crippen molar-refractivity contribution >= 4 is 0 Å². The van der Waals surface area contributed by atoms with Crippen LogP contribution in [0.1, 0.15) is 23.0 Å². The van der Waals surface area contributed by atoms with Gasteiger partial charge in [-0.05, 0) is 23.8 Å². The van der Waals surface area contributed by atoms with E-state index in [1.165, 1.54) is 5.56 Å². The molecule has 0 radical (unpaired) electrons. The largest absolute Gasteiger partial charge is 0.497 e. The summed E-state index contributed by atoms with van der Waals surface area (Å²) in [5, 5.41) is 3.60. The Kier molecular flexibility index (Phi) is 5.36. The fourth-order valence-corrected chi connectivity index (χ4v) is 2.89. The summed E-state index contributed by atoms with van der Waals surface area (Å²) < 4.78 is 12.9. The minimum atomic E-state index is -0.0166. The number of hydrogen-bond donors (Lipinski definition) is 1. The standard InChI is InChI=1S/C20H23N3O2/c1-23-12-11-21-20(23)19(15-7-5-4-6-8-15)22-14-16-13-17(24-2)9-10-18(16)25-3/h4-13,19,22H,14H2,1-3H3. The van der Waals surface area contributed by atoms with Crippen LogP contribution in [0.25, 0.3) is 0 Å². The number of benzene rings is 2. The summed E-state index contributed by atoms with van der Waals surface area (Å²) in [6.07, 6.45) is 3.78. The van der Waals surface area contributed by atoms with Gasteiger partial charge in [-0.2, -0.15) is 0 Å². The maximum absolute atomic E-state index is 5.48. The molecule has 0 aliphatic carbocycles. The highest BCUT2D eigenvalue weighted by Crippen LogP contribution is 2.26. The van der Waals surface area contributed by atoms with Crippen LogP contribution in [-0.4, -0.2) is 23.8 Å². The van der Waals surface area contributed by atoms with Crippen LogP contribution in [0.2, 0.25) is 0 Å². The first-order chi connectivity index (χ1) is 12.2. The molecule has 1 aromatic heterocycles. The number of nitrogens with zero attached hydrogens (tertiary/aromatic N) is 2. The zero-order valence-electron chi connectivity index (χ0n) is 14.8. The second-order valence-corrected chi connectivity index (χ2v) is 5.80. The number of rotatable bonds is 7. The van der Waals surface area contributed by atoms with Gasteiger partial charge in [-0.1, -0.05) is 30.3 Å². The molecule has 3 rings (SSSR count). The zero-order chi connectivity index (χ0) is 17.6. The molecular weight excluding hydrogens is 314 g/mol. The van der Waals surface area contributed by atoms with Gasteiger partial charge in [0.1, 0.15) is 17.3 Å². The van der Waals surface area contributed by atoms with E-state index in [0.717, 1.165) is 22.9 Å². The second-order valence-electron chi connectivity index (χ2n) is 5.80. The third-order valence-corrected chi connectivity index (χ3v) is 4.23. The van der Waals surface area contributed by atoms with Gasteiger partial charge in [-0.15, -0.1) is 0 Å². The zero-order valence-corrected chi connectivity index (χ0v) is 14.8. The van der Waals surface area contributed by atoms with Crippen molar-refractivity contribution < 1.29 is 9.47 Å². The molecule has 1 unspecified atom stereocenters. The molecular formula is C20H23N3O2. The lowest BCUT2D eigenvalue weighted by Crippen LogP contribution is -2.25. The topological polar surface area (TPSA) is 48.3 Å². The van der Waals surface area contributed by atoms with Crippen molar-refractivity contribution in [3.63, 3.8) is 0 Å². The van der Waals surface area contributed by atoms with Crippen LogP contribution in [0.5, 0.6) is 11.5 Å². The summed E-state index contributed by atoms with van der Waals surface area (Å²) in [6, 6.07) is 16.1. The van der Waals surface area contributed by atoms with Crippen LogP contribution in [-0.2, 0) is 13.6 Å². The van der Waals surface area contributed by atoms with Crippen molar-refractivity contribution in [1.29, 1.82) is 0 Å². The molecule has 25 heavy (non-hydrogen) atoms. The molecule has 0 aliphatic heterocycles. The number of methoxy groups -OCH3 is 2. The van der Waals surface area contributed by atoms with Crippen molar-refractivity contribution in [2.75, 3.05) is 14.2 Å². The Labute approximate surface area is 148 Å². The highest BCUT2D eigenvalue weighted by Gasteiger charge is 2.18. The molecule has 1 N–H and O–H groups in total. The van der Waals surface area contributed by atoms with E-state index in [-0.39, 0.29) is 6.04 Å². The Morgan fingerprint density at radius 1 is 1.08 bits per heavy atom. The Hall–Kier alpha value is -2.79. The van der Waals surface area contributed by atoms with Crippen LogP contribution in [0.15, 0.2) is 60.9 Å². The monoisotopic (exact) mass is 337 g/mol. The Morgan fingerprint density at radius 2 is 1.88 bits per heavy atom. The molecule has 0 saturated heterocycles. The average molecular weight is 337 g/mol. The predicted molar refractivity (Wildman–Crippen MR) is 97.9 cm³/mol. The van der Waals surface area contributed by atoms with Crippen molar-refractivity contribution in [3.05, 3.63) is 77.9 Å². The van der Waals surface area contributed by atoms with Crippen LogP contribution >= 0.6 is 0 Å². The summed E-state index contributed by atoms with van der Waals surface area (Å²) in [6.45, 7) is 0.632. The number of hydrogen-bond acceptors (Lipinski definition) is 4. The smallest absolute Gasteiger partial charge is 0.130 e. The molecule has 2 aromatic carbocycles. The van der Waals surface area contributed by atoms with E-state index in [2.05, 4.69) is 22.4 Å². The van der Waals surface area contributed by atoms with Gasteiger partial charge in [0.2, 0.25) is 0 Å². The van der Waals surface area contributed by atoms with Crippen molar-refractivity contribution in [2.24, 2.45) is 7.05 Å². The summed E-state index contributed by atoms with van der Waals surface area (Å²) in [5.41, 5.74) is 2.20. The summed E-state index contributed by atoms with van der Waals surface area (Å²) in [5.74, 6) is 2.61. The number of imidazole rings is 1. The molecule has 0 aliphatic rings. The van der Waals surface area contributed by atoms with Crippen LogP contribution in [0, 0.1) is 0 Å². The normalized spacial score (nSPS) is 12.0. The average Bonchev–Trinajstić information content (AvgIpc) is 3.08. The van der Waals surface area contributed by atoms with Crippen molar-refractivity contribution in [1.82, 2.24) is 14.9 Å². The van der Waals surface area contributed by atoms with E-state index in [0.29, 0.717) is 6.54 Å². The van der Waals surface area contributed by atoms with Crippen LogP contribution < -0.4 is 14.8 Å². The first kappa shape index (κ1) is 17.0. The minimum Gasteiger partial charge on any atom is -0.497 e.